The first kappa shape index (κ1) is 18.9. The molecule has 0 aliphatic heterocycles. The zero-order valence-electron chi connectivity index (χ0n) is 14.8. The molecule has 0 unspecified atom stereocenters. The van der Waals surface area contributed by atoms with E-state index in [0.29, 0.717) is 22.5 Å². The van der Waals surface area contributed by atoms with Crippen molar-refractivity contribution in [3.8, 4) is 5.75 Å². The number of nitrogens with one attached hydrogen (secondary N) is 1. The van der Waals surface area contributed by atoms with Crippen molar-refractivity contribution < 1.29 is 19.1 Å². The molecule has 6 nitrogen and oxygen atoms in total. The van der Waals surface area contributed by atoms with Crippen LogP contribution in [-0.4, -0.2) is 30.6 Å². The second-order valence-electron chi connectivity index (χ2n) is 5.91. The van der Waals surface area contributed by atoms with Crippen molar-refractivity contribution in [1.29, 1.82) is 0 Å². The summed E-state index contributed by atoms with van der Waals surface area (Å²) >= 11 is 1.25. The van der Waals surface area contributed by atoms with Crippen molar-refractivity contribution in [2.75, 3.05) is 19.0 Å². The Labute approximate surface area is 151 Å². The second-order valence-corrected chi connectivity index (χ2v) is 6.76. The summed E-state index contributed by atoms with van der Waals surface area (Å²) in [6, 6.07) is 5.82. The number of carbonyl (C=O) groups excluding carboxylic acids is 2. The maximum Gasteiger partial charge on any atom is 0.311 e. The number of nitrogens with zero attached hydrogens (tertiary/aromatic N) is 1. The van der Waals surface area contributed by atoms with Gasteiger partial charge in [-0.25, -0.2) is 4.98 Å². The molecule has 1 N–H and O–H groups in total. The molecule has 0 fully saturated rings. The fourth-order valence-electron chi connectivity index (χ4n) is 2.36. The number of aromatic nitrogens is 1. The number of methoxy groups -OCH3 is 1. The predicted molar refractivity (Wildman–Crippen MR) is 97.2 cm³/mol. The SMILES string of the molecule is COC(=O)Cc1csc(NC(=O)COc2ccc(C(C)C)c(C)c2)n1. The molecule has 1 aromatic carbocycles. The van der Waals surface area contributed by atoms with E-state index in [1.807, 2.05) is 25.1 Å². The molecule has 0 bridgehead atoms. The summed E-state index contributed by atoms with van der Waals surface area (Å²) in [7, 11) is 1.32. The van der Waals surface area contributed by atoms with Gasteiger partial charge in [0.05, 0.1) is 19.2 Å². The third-order valence-electron chi connectivity index (χ3n) is 3.58. The summed E-state index contributed by atoms with van der Waals surface area (Å²) in [5, 5.41) is 4.80. The molecule has 0 radical (unpaired) electrons. The first-order chi connectivity index (χ1) is 11.9. The number of benzene rings is 1. The minimum absolute atomic E-state index is 0.0842. The number of hydrogen-bond donors (Lipinski definition) is 1. The van der Waals surface area contributed by atoms with E-state index < -0.39 is 0 Å². The molecule has 2 aromatic rings. The number of amides is 1. The molecule has 1 amide bonds. The first-order valence-corrected chi connectivity index (χ1v) is 8.81. The van der Waals surface area contributed by atoms with E-state index in [4.69, 9.17) is 4.74 Å². The van der Waals surface area contributed by atoms with E-state index in [-0.39, 0.29) is 24.9 Å². The summed E-state index contributed by atoms with van der Waals surface area (Å²) in [6.07, 6.45) is 0.0842. The van der Waals surface area contributed by atoms with E-state index in [1.54, 1.807) is 5.38 Å². The molecule has 25 heavy (non-hydrogen) atoms. The van der Waals surface area contributed by atoms with Gasteiger partial charge in [-0.05, 0) is 36.1 Å². The van der Waals surface area contributed by atoms with Gasteiger partial charge in [-0.1, -0.05) is 19.9 Å². The lowest BCUT2D eigenvalue weighted by Gasteiger charge is -2.12. The van der Waals surface area contributed by atoms with E-state index >= 15 is 0 Å². The highest BCUT2D eigenvalue weighted by Gasteiger charge is 2.11. The van der Waals surface area contributed by atoms with Crippen LogP contribution in [0.3, 0.4) is 0 Å². The molecule has 0 spiro atoms. The Morgan fingerprint density at radius 2 is 2.08 bits per heavy atom. The highest BCUT2D eigenvalue weighted by atomic mass is 32.1. The van der Waals surface area contributed by atoms with Crippen LogP contribution in [0.2, 0.25) is 0 Å². The largest absolute Gasteiger partial charge is 0.484 e. The van der Waals surface area contributed by atoms with Crippen molar-refractivity contribution >= 4 is 28.3 Å². The van der Waals surface area contributed by atoms with Crippen LogP contribution in [0, 0.1) is 6.92 Å². The van der Waals surface area contributed by atoms with Crippen molar-refractivity contribution in [1.82, 2.24) is 4.98 Å². The Kier molecular flexibility index (Phi) is 6.52. The molecule has 0 atom stereocenters. The molecule has 1 heterocycles. The summed E-state index contributed by atoms with van der Waals surface area (Å²) in [5.74, 6) is 0.431. The zero-order chi connectivity index (χ0) is 18.4. The van der Waals surface area contributed by atoms with Gasteiger partial charge in [-0.3, -0.25) is 14.9 Å². The number of carbonyl (C=O) groups is 2. The molecular weight excluding hydrogens is 340 g/mol. The molecule has 0 aliphatic carbocycles. The van der Waals surface area contributed by atoms with E-state index in [0.717, 1.165) is 5.56 Å². The minimum atomic E-state index is -0.369. The minimum Gasteiger partial charge on any atom is -0.484 e. The van der Waals surface area contributed by atoms with Crippen molar-refractivity contribution in [2.45, 2.75) is 33.1 Å². The summed E-state index contributed by atoms with van der Waals surface area (Å²) < 4.78 is 10.1. The maximum atomic E-state index is 12.0. The number of esters is 1. The fraction of sp³-hybridized carbons (Fsp3) is 0.389. The maximum absolute atomic E-state index is 12.0. The molecule has 0 saturated heterocycles. The van der Waals surface area contributed by atoms with Gasteiger partial charge >= 0.3 is 5.97 Å². The lowest BCUT2D eigenvalue weighted by molar-refractivity contribution is -0.139. The average Bonchev–Trinajstić information content (AvgIpc) is 2.99. The summed E-state index contributed by atoms with van der Waals surface area (Å²) in [5.41, 5.74) is 2.96. The number of thiazole rings is 1. The number of rotatable bonds is 7. The van der Waals surface area contributed by atoms with E-state index in [9.17, 15) is 9.59 Å². The van der Waals surface area contributed by atoms with Gasteiger partial charge in [0, 0.05) is 5.38 Å². The van der Waals surface area contributed by atoms with Gasteiger partial charge in [0.25, 0.3) is 5.91 Å². The fourth-order valence-corrected chi connectivity index (χ4v) is 3.08. The smallest absolute Gasteiger partial charge is 0.311 e. The van der Waals surface area contributed by atoms with Crippen LogP contribution in [0.25, 0.3) is 0 Å². The Bertz CT molecular complexity index is 755. The van der Waals surface area contributed by atoms with Gasteiger partial charge in [0.15, 0.2) is 11.7 Å². The summed E-state index contributed by atoms with van der Waals surface area (Å²) in [4.78, 5) is 27.3. The van der Waals surface area contributed by atoms with Crippen LogP contribution in [0.5, 0.6) is 5.75 Å². The normalized spacial score (nSPS) is 10.6. The summed E-state index contributed by atoms with van der Waals surface area (Å²) in [6.45, 7) is 6.20. The van der Waals surface area contributed by atoms with Crippen molar-refractivity contribution in [3.05, 3.63) is 40.4 Å². The highest BCUT2D eigenvalue weighted by molar-refractivity contribution is 7.13. The highest BCUT2D eigenvalue weighted by Crippen LogP contribution is 2.23. The molecule has 2 rings (SSSR count). The predicted octanol–water partition coefficient (Wildman–Crippen LogP) is 3.31. The van der Waals surface area contributed by atoms with Crippen LogP contribution in [0.1, 0.15) is 36.6 Å². The molecule has 134 valence electrons. The van der Waals surface area contributed by atoms with Gasteiger partial charge < -0.3 is 9.47 Å². The number of anilines is 1. The van der Waals surface area contributed by atoms with Crippen LogP contribution >= 0.6 is 11.3 Å². The van der Waals surface area contributed by atoms with Gasteiger partial charge in [0.2, 0.25) is 0 Å². The van der Waals surface area contributed by atoms with Gasteiger partial charge in [-0.2, -0.15) is 0 Å². The van der Waals surface area contributed by atoms with E-state index in [1.165, 1.54) is 24.0 Å². The van der Waals surface area contributed by atoms with E-state index in [2.05, 4.69) is 28.9 Å². The third-order valence-corrected chi connectivity index (χ3v) is 4.39. The standard InChI is InChI=1S/C18H22N2O4S/c1-11(2)15-6-5-14(7-12(15)3)24-9-16(21)20-18-19-13(10-25-18)8-17(22)23-4/h5-7,10-11H,8-9H2,1-4H3,(H,19,20,21). The van der Waals surface area contributed by atoms with Crippen LogP contribution < -0.4 is 10.1 Å². The number of hydrogen-bond acceptors (Lipinski definition) is 6. The molecule has 0 saturated carbocycles. The molecular formula is C18H22N2O4S. The van der Waals surface area contributed by atoms with Crippen molar-refractivity contribution in [2.24, 2.45) is 0 Å². The number of aryl methyl sites for hydroxylation is 1. The van der Waals surface area contributed by atoms with Crippen molar-refractivity contribution in [3.63, 3.8) is 0 Å². The topological polar surface area (TPSA) is 77.5 Å². The third kappa shape index (κ3) is 5.56. The quantitative estimate of drug-likeness (QED) is 0.765. The monoisotopic (exact) mass is 362 g/mol. The Balaban J connectivity index is 1.86. The average molecular weight is 362 g/mol. The van der Waals surface area contributed by atoms with Crippen LogP contribution in [0.15, 0.2) is 23.6 Å². The van der Waals surface area contributed by atoms with Gasteiger partial charge in [0.1, 0.15) is 5.75 Å². The molecule has 7 heteroatoms. The van der Waals surface area contributed by atoms with Gasteiger partial charge in [-0.15, -0.1) is 11.3 Å². The zero-order valence-corrected chi connectivity index (χ0v) is 15.6. The molecule has 0 aliphatic rings. The van der Waals surface area contributed by atoms with Crippen LogP contribution in [0.4, 0.5) is 5.13 Å². The Morgan fingerprint density at radius 3 is 2.72 bits per heavy atom. The first-order valence-electron chi connectivity index (χ1n) is 7.93. The lowest BCUT2D eigenvalue weighted by Crippen LogP contribution is -2.20. The number of ether oxygens (including phenoxy) is 2. The second kappa shape index (κ2) is 8.62. The Morgan fingerprint density at radius 1 is 1.32 bits per heavy atom. The Hall–Kier alpha value is -2.41. The van der Waals surface area contributed by atoms with Crippen LogP contribution in [-0.2, 0) is 20.7 Å². The molecule has 1 aromatic heterocycles. The lowest BCUT2D eigenvalue weighted by atomic mass is 9.98.